The van der Waals surface area contributed by atoms with E-state index >= 15 is 0 Å². The number of ketones is 1. The first-order chi connectivity index (χ1) is 10.5. The Morgan fingerprint density at radius 3 is 2.36 bits per heavy atom. The van der Waals surface area contributed by atoms with Crippen LogP contribution in [0.3, 0.4) is 0 Å². The molecule has 0 aliphatic carbocycles. The lowest BCUT2D eigenvalue weighted by Gasteiger charge is -2.10. The fourth-order valence-electron chi connectivity index (χ4n) is 1.75. The molecule has 0 radical (unpaired) electrons. The molecule has 0 spiro atoms. The van der Waals surface area contributed by atoms with Crippen LogP contribution in [0.25, 0.3) is 0 Å². The molecule has 6 heteroatoms. The minimum Gasteiger partial charge on any atom is -0.484 e. The molecule has 0 fully saturated rings. The summed E-state index contributed by atoms with van der Waals surface area (Å²) in [5.41, 5.74) is 0.865. The predicted octanol–water partition coefficient (Wildman–Crippen LogP) is 4.21. The van der Waals surface area contributed by atoms with Crippen molar-refractivity contribution >= 4 is 40.6 Å². The fourth-order valence-corrected chi connectivity index (χ4v) is 2.24. The van der Waals surface area contributed by atoms with Crippen LogP contribution < -0.4 is 10.1 Å². The predicted molar refractivity (Wildman–Crippen MR) is 87.0 cm³/mol. The van der Waals surface area contributed by atoms with Gasteiger partial charge >= 0.3 is 0 Å². The van der Waals surface area contributed by atoms with E-state index in [9.17, 15) is 9.59 Å². The van der Waals surface area contributed by atoms with Crippen LogP contribution in [-0.4, -0.2) is 18.3 Å². The third-order valence-corrected chi connectivity index (χ3v) is 3.47. The van der Waals surface area contributed by atoms with Gasteiger partial charge in [-0.25, -0.2) is 0 Å². The monoisotopic (exact) mass is 337 g/mol. The number of nitrogens with one attached hydrogen (secondary N) is 1. The van der Waals surface area contributed by atoms with Gasteiger partial charge in [-0.3, -0.25) is 9.59 Å². The second-order valence-corrected chi connectivity index (χ2v) is 5.33. The van der Waals surface area contributed by atoms with Gasteiger partial charge < -0.3 is 10.1 Å². The Labute approximate surface area is 138 Å². The zero-order valence-electron chi connectivity index (χ0n) is 11.7. The molecule has 114 valence electrons. The van der Waals surface area contributed by atoms with Crippen molar-refractivity contribution in [2.45, 2.75) is 6.92 Å². The lowest BCUT2D eigenvalue weighted by molar-refractivity contribution is -0.118. The number of rotatable bonds is 5. The summed E-state index contributed by atoms with van der Waals surface area (Å²) in [5, 5.41) is 3.28. The molecule has 0 aromatic heterocycles. The first-order valence-corrected chi connectivity index (χ1v) is 7.20. The SMILES string of the molecule is CC(=O)c1cccc(OCC(=O)Nc2c(Cl)cccc2Cl)c1. The summed E-state index contributed by atoms with van der Waals surface area (Å²) in [4.78, 5) is 23.2. The van der Waals surface area contributed by atoms with E-state index in [0.717, 1.165) is 0 Å². The number of ether oxygens (including phenoxy) is 1. The molecule has 0 saturated carbocycles. The van der Waals surface area contributed by atoms with Crippen molar-refractivity contribution in [1.29, 1.82) is 0 Å². The first kappa shape index (κ1) is 16.3. The summed E-state index contributed by atoms with van der Waals surface area (Å²) in [6.45, 7) is 1.24. The van der Waals surface area contributed by atoms with Crippen molar-refractivity contribution in [3.8, 4) is 5.75 Å². The lowest BCUT2D eigenvalue weighted by atomic mass is 10.1. The van der Waals surface area contributed by atoms with E-state index in [-0.39, 0.29) is 12.4 Å². The van der Waals surface area contributed by atoms with Gasteiger partial charge in [-0.2, -0.15) is 0 Å². The Morgan fingerprint density at radius 2 is 1.73 bits per heavy atom. The topological polar surface area (TPSA) is 55.4 Å². The minimum atomic E-state index is -0.400. The van der Waals surface area contributed by atoms with Gasteiger partial charge in [0.15, 0.2) is 12.4 Å². The lowest BCUT2D eigenvalue weighted by Crippen LogP contribution is -2.20. The van der Waals surface area contributed by atoms with Crippen LogP contribution in [0, 0.1) is 0 Å². The highest BCUT2D eigenvalue weighted by Crippen LogP contribution is 2.29. The van der Waals surface area contributed by atoms with Crippen molar-refractivity contribution in [2.24, 2.45) is 0 Å². The molecule has 0 aliphatic rings. The van der Waals surface area contributed by atoms with Gasteiger partial charge in [0, 0.05) is 5.56 Å². The molecular weight excluding hydrogens is 325 g/mol. The maximum atomic E-state index is 11.9. The minimum absolute atomic E-state index is 0.0715. The van der Waals surface area contributed by atoms with Gasteiger partial charge in [-0.15, -0.1) is 0 Å². The third kappa shape index (κ3) is 4.23. The molecule has 0 saturated heterocycles. The zero-order valence-corrected chi connectivity index (χ0v) is 13.2. The van der Waals surface area contributed by atoms with E-state index in [1.807, 2.05) is 0 Å². The number of amides is 1. The number of carbonyl (C=O) groups excluding carboxylic acids is 2. The van der Waals surface area contributed by atoms with Crippen LogP contribution in [-0.2, 0) is 4.79 Å². The van der Waals surface area contributed by atoms with Crippen LogP contribution in [0.2, 0.25) is 10.0 Å². The van der Waals surface area contributed by atoms with Crippen LogP contribution in [0.4, 0.5) is 5.69 Å². The fraction of sp³-hybridized carbons (Fsp3) is 0.125. The van der Waals surface area contributed by atoms with E-state index in [2.05, 4.69) is 5.32 Å². The Kier molecular flexibility index (Phi) is 5.41. The second kappa shape index (κ2) is 7.29. The molecular formula is C16H13Cl2NO3. The van der Waals surface area contributed by atoms with Crippen LogP contribution in [0.5, 0.6) is 5.75 Å². The summed E-state index contributed by atoms with van der Waals surface area (Å²) in [6, 6.07) is 11.6. The molecule has 0 bridgehead atoms. The van der Waals surface area contributed by atoms with Crippen LogP contribution in [0.15, 0.2) is 42.5 Å². The molecule has 2 rings (SSSR count). The molecule has 0 unspecified atom stereocenters. The van der Waals surface area contributed by atoms with Crippen LogP contribution >= 0.6 is 23.2 Å². The van der Waals surface area contributed by atoms with Gasteiger partial charge in [0.1, 0.15) is 5.75 Å². The number of benzene rings is 2. The second-order valence-electron chi connectivity index (χ2n) is 4.52. The number of carbonyl (C=O) groups is 2. The molecule has 1 amide bonds. The molecule has 22 heavy (non-hydrogen) atoms. The Hall–Kier alpha value is -2.04. The molecule has 4 nitrogen and oxygen atoms in total. The summed E-state index contributed by atoms with van der Waals surface area (Å²) >= 11 is 11.9. The number of Topliss-reactive ketones (excluding diaryl/α,β-unsaturated/α-hetero) is 1. The van der Waals surface area contributed by atoms with Gasteiger partial charge in [0.2, 0.25) is 0 Å². The summed E-state index contributed by atoms with van der Waals surface area (Å²) < 4.78 is 5.36. The number of hydrogen-bond acceptors (Lipinski definition) is 3. The molecule has 0 heterocycles. The van der Waals surface area contributed by atoms with E-state index in [1.165, 1.54) is 6.92 Å². The van der Waals surface area contributed by atoms with E-state index in [1.54, 1.807) is 42.5 Å². The van der Waals surface area contributed by atoms with Crippen molar-refractivity contribution < 1.29 is 14.3 Å². The molecule has 0 aliphatic heterocycles. The van der Waals surface area contributed by atoms with Gasteiger partial charge in [-0.05, 0) is 31.2 Å². The summed E-state index contributed by atoms with van der Waals surface area (Å²) in [7, 11) is 0. The highest BCUT2D eigenvalue weighted by molar-refractivity contribution is 6.39. The molecule has 2 aromatic carbocycles. The number of halogens is 2. The average molecular weight is 338 g/mol. The van der Waals surface area contributed by atoms with Gasteiger partial charge in [-0.1, -0.05) is 41.4 Å². The Morgan fingerprint density at radius 1 is 1.09 bits per heavy atom. The van der Waals surface area contributed by atoms with Crippen molar-refractivity contribution in [3.63, 3.8) is 0 Å². The normalized spacial score (nSPS) is 10.1. The Balaban J connectivity index is 1.99. The average Bonchev–Trinajstić information content (AvgIpc) is 2.49. The maximum Gasteiger partial charge on any atom is 0.262 e. The largest absolute Gasteiger partial charge is 0.484 e. The number of anilines is 1. The van der Waals surface area contributed by atoms with Crippen molar-refractivity contribution in [1.82, 2.24) is 0 Å². The first-order valence-electron chi connectivity index (χ1n) is 6.45. The van der Waals surface area contributed by atoms with Crippen molar-refractivity contribution in [2.75, 3.05) is 11.9 Å². The summed E-state index contributed by atoms with van der Waals surface area (Å²) in [5.74, 6) is -0.0333. The Bertz CT molecular complexity index is 696. The van der Waals surface area contributed by atoms with E-state index in [0.29, 0.717) is 27.0 Å². The molecule has 0 atom stereocenters. The van der Waals surface area contributed by atoms with E-state index in [4.69, 9.17) is 27.9 Å². The molecule has 1 N–H and O–H groups in total. The standard InChI is InChI=1S/C16H13Cl2NO3/c1-10(20)11-4-2-5-12(8-11)22-9-15(21)19-16-13(17)6-3-7-14(16)18/h2-8H,9H2,1H3,(H,19,21). The van der Waals surface area contributed by atoms with E-state index < -0.39 is 5.91 Å². The summed E-state index contributed by atoms with van der Waals surface area (Å²) in [6.07, 6.45) is 0. The van der Waals surface area contributed by atoms with Crippen molar-refractivity contribution in [3.05, 3.63) is 58.1 Å². The molecule has 2 aromatic rings. The zero-order chi connectivity index (χ0) is 16.1. The highest BCUT2D eigenvalue weighted by atomic mass is 35.5. The third-order valence-electron chi connectivity index (χ3n) is 2.84. The quantitative estimate of drug-likeness (QED) is 0.831. The highest BCUT2D eigenvalue weighted by Gasteiger charge is 2.10. The number of para-hydroxylation sites is 1. The number of hydrogen-bond donors (Lipinski definition) is 1. The maximum absolute atomic E-state index is 11.9. The van der Waals surface area contributed by atoms with Gasteiger partial charge in [0.25, 0.3) is 5.91 Å². The van der Waals surface area contributed by atoms with Gasteiger partial charge in [0.05, 0.1) is 15.7 Å². The smallest absolute Gasteiger partial charge is 0.262 e. The van der Waals surface area contributed by atoms with Crippen LogP contribution in [0.1, 0.15) is 17.3 Å².